The van der Waals surface area contributed by atoms with Gasteiger partial charge in [0.15, 0.2) is 44.0 Å². The van der Waals surface area contributed by atoms with Crippen LogP contribution in [0.1, 0.15) is 0 Å². The summed E-state index contributed by atoms with van der Waals surface area (Å²) in [5.41, 5.74) is 43.4. The Morgan fingerprint density at radius 3 is 0.628 bits per heavy atom. The Bertz CT molecular complexity index is 1830. The third-order valence-electron chi connectivity index (χ3n) is 15.1. The highest BCUT2D eigenvalue weighted by molar-refractivity contribution is 5.03. The molecule has 0 aromatic carbocycles. The maximum atomic E-state index is 11.5. The predicted octanol–water partition coefficient (Wildman–Crippen LogP) is -16.5. The maximum absolute atomic E-state index is 11.5. The van der Waals surface area contributed by atoms with Crippen LogP contribution in [0.15, 0.2) is 0 Å². The molecule has 7 aliphatic rings. The highest BCUT2D eigenvalue weighted by Crippen LogP contribution is 2.36. The van der Waals surface area contributed by atoms with Crippen LogP contribution in [0, 0.1) is 0 Å². The molecule has 30 N–H and O–H groups in total. The van der Waals surface area contributed by atoms with Crippen LogP contribution in [0.2, 0.25) is 0 Å². The number of aliphatic hydroxyl groups excluding tert-OH is 16. The van der Waals surface area contributed by atoms with Crippen molar-refractivity contribution >= 4 is 0 Å². The molecule has 0 saturated carbocycles. The molecule has 35 atom stereocenters. The van der Waals surface area contributed by atoms with Gasteiger partial charge in [0.25, 0.3) is 0 Å². The summed E-state index contributed by atoms with van der Waals surface area (Å²) in [4.78, 5) is 0. The number of hydrogen-bond acceptors (Lipinski definition) is 36. The van der Waals surface area contributed by atoms with E-state index in [1.165, 1.54) is 0 Å². The molecule has 7 heterocycles. The fraction of sp³-hybridized carbons (Fsp3) is 1.00. The molecule has 0 aromatic rings. The van der Waals surface area contributed by atoms with E-state index in [0.717, 1.165) is 0 Å². The van der Waals surface area contributed by atoms with Crippen LogP contribution < -0.4 is 40.1 Å². The lowest BCUT2D eigenvalue weighted by Gasteiger charge is -2.50. The van der Waals surface area contributed by atoms with E-state index in [4.69, 9.17) is 102 Å². The lowest BCUT2D eigenvalue weighted by atomic mass is 9.93. The quantitative estimate of drug-likeness (QED) is 0.0571. The minimum absolute atomic E-state index is 0.740. The minimum Gasteiger partial charge on any atom is -0.394 e. The summed E-state index contributed by atoms with van der Waals surface area (Å²) in [5, 5.41) is 169. The summed E-state index contributed by atoms with van der Waals surface area (Å²) >= 11 is 0. The SMILES string of the molecule is N[C@@H]1[C@@H](O)[C@H](O[C@@H]2O[C@H](CO)[C@@H](O[C@@H]3O[C@H](CO)[C@@H](O[C@@H]4O[C@H](CO)[C@@H](O[C@@H]5O[C@H](CO)[C@@H](O[C@@H]6O[C@H](CO)[C@@H](O[C@@H]7O[C@H](CO)[C@@H](O)[C@H](O)[C@H]7N)[C@H](O)[C@H]6N)[C@H](O)[C@H]5N)[C@H](O)[C@H]4N)[C@H](O)[C@H]3N)[C@H](O)[C@H]2N)[C@@H](CO)O[C@H]1O. The summed E-state index contributed by atoms with van der Waals surface area (Å²) in [6.45, 7) is -5.87. The van der Waals surface area contributed by atoms with Gasteiger partial charge in [-0.15, -0.1) is 0 Å². The summed E-state index contributed by atoms with van der Waals surface area (Å²) in [5.74, 6) is 0. The first-order valence-corrected chi connectivity index (χ1v) is 25.2. The van der Waals surface area contributed by atoms with Gasteiger partial charge in [0.1, 0.15) is 128 Å². The largest absolute Gasteiger partial charge is 0.394 e. The van der Waals surface area contributed by atoms with Gasteiger partial charge in [-0.1, -0.05) is 0 Å². The van der Waals surface area contributed by atoms with Crippen molar-refractivity contribution in [3.8, 4) is 0 Å². The average molecular weight is 1150 g/mol. The van der Waals surface area contributed by atoms with Gasteiger partial charge in [-0.3, -0.25) is 0 Å². The van der Waals surface area contributed by atoms with Gasteiger partial charge >= 0.3 is 0 Å². The molecule has 456 valence electrons. The third-order valence-corrected chi connectivity index (χ3v) is 15.1. The van der Waals surface area contributed by atoms with Crippen LogP contribution in [0.25, 0.3) is 0 Å². The lowest BCUT2D eigenvalue weighted by molar-refractivity contribution is -0.369. The molecule has 0 bridgehead atoms. The molecule has 0 aliphatic carbocycles. The maximum Gasteiger partial charge on any atom is 0.176 e. The molecule has 78 heavy (non-hydrogen) atoms. The standard InChI is InChI=1S/C42H79N7O29/c43-15-24(59)30(9(2-51)66-36(15)65)73-38-17(45)26(61)32(11(4-53)68-38)75-40-19(47)28(63)34(13(6-55)70-40)77-42-21(49)29(64)35(14(7-56)72-42)78-41-20(48)27(62)33(12(5-54)71-41)76-39-18(46)25(60)31(10(3-52)69-39)74-37-16(44)23(58)22(57)8(1-50)67-37/h8-42,50-65H,1-7,43-49H2/t8-,9-,10-,11-,12-,13-,14-,15-,16-,17-,18-,19-,20-,21-,22-,23-,24-,25-,26-,27-,28-,29-,30-,31-,32-,33-,34-,35-,36-,37+,38+,39+,40+,41+,42+/m1/s1. The van der Waals surface area contributed by atoms with Crippen LogP contribution in [-0.4, -0.2) is 342 Å². The van der Waals surface area contributed by atoms with Crippen LogP contribution in [0.5, 0.6) is 0 Å². The molecule has 36 nitrogen and oxygen atoms in total. The molecule has 7 rings (SSSR count). The molecule has 0 spiro atoms. The van der Waals surface area contributed by atoms with Crippen molar-refractivity contribution in [2.24, 2.45) is 40.1 Å². The second kappa shape index (κ2) is 27.5. The number of hydrogen-bond donors (Lipinski definition) is 23. The lowest BCUT2D eigenvalue weighted by Crippen LogP contribution is -2.71. The zero-order valence-corrected chi connectivity index (χ0v) is 41.7. The van der Waals surface area contributed by atoms with Crippen molar-refractivity contribution in [1.29, 1.82) is 0 Å². The topological polar surface area (TPSA) is 626 Å². The van der Waals surface area contributed by atoms with Gasteiger partial charge in [0.05, 0.1) is 88.5 Å². The molecule has 0 amide bonds. The van der Waals surface area contributed by atoms with Crippen LogP contribution in [-0.2, 0) is 61.6 Å². The Morgan fingerprint density at radius 1 is 0.231 bits per heavy atom. The Labute approximate surface area is 443 Å². The number of rotatable bonds is 19. The van der Waals surface area contributed by atoms with Crippen LogP contribution in [0.4, 0.5) is 0 Å². The fourth-order valence-corrected chi connectivity index (χ4v) is 10.3. The molecule has 7 aliphatic heterocycles. The Kier molecular flexibility index (Phi) is 22.6. The van der Waals surface area contributed by atoms with Crippen molar-refractivity contribution in [3.63, 3.8) is 0 Å². The Hall–Kier alpha value is -1.44. The van der Waals surface area contributed by atoms with Crippen molar-refractivity contribution in [2.75, 3.05) is 46.2 Å². The van der Waals surface area contributed by atoms with E-state index in [0.29, 0.717) is 0 Å². The Balaban J connectivity index is 0.947. The predicted molar refractivity (Wildman–Crippen MR) is 246 cm³/mol. The molecule has 7 saturated heterocycles. The van der Waals surface area contributed by atoms with Crippen LogP contribution in [0.3, 0.4) is 0 Å². The molecule has 0 aromatic heterocycles. The van der Waals surface area contributed by atoms with Gasteiger partial charge in [0, 0.05) is 0 Å². The number of nitrogens with two attached hydrogens (primary N) is 7. The summed E-state index contributed by atoms with van der Waals surface area (Å²) in [6.07, 6.45) is -44.9. The minimum atomic E-state index is -1.83. The molecule has 36 heteroatoms. The second-order valence-corrected chi connectivity index (χ2v) is 20.2. The van der Waals surface area contributed by atoms with Gasteiger partial charge in [-0.25, -0.2) is 0 Å². The monoisotopic (exact) mass is 1150 g/mol. The van der Waals surface area contributed by atoms with E-state index in [9.17, 15) is 81.7 Å². The smallest absolute Gasteiger partial charge is 0.176 e. The van der Waals surface area contributed by atoms with E-state index >= 15 is 0 Å². The summed E-state index contributed by atoms with van der Waals surface area (Å²) < 4.78 is 75.1. The van der Waals surface area contributed by atoms with E-state index < -0.39 is 261 Å². The first kappa shape index (κ1) is 64.1. The highest BCUT2D eigenvalue weighted by atomic mass is 16.8. The molecule has 0 unspecified atom stereocenters. The number of ether oxygens (including phenoxy) is 13. The molecule has 7 fully saturated rings. The van der Waals surface area contributed by atoms with Gasteiger partial charge < -0.3 is 183 Å². The third kappa shape index (κ3) is 12.9. The van der Waals surface area contributed by atoms with E-state index in [1.54, 1.807) is 0 Å². The van der Waals surface area contributed by atoms with Crippen molar-refractivity contribution < 1.29 is 143 Å². The van der Waals surface area contributed by atoms with E-state index in [-0.39, 0.29) is 0 Å². The second-order valence-electron chi connectivity index (χ2n) is 20.2. The summed E-state index contributed by atoms with van der Waals surface area (Å²) in [7, 11) is 0. The molecular weight excluding hydrogens is 1070 g/mol. The normalized spacial score (nSPS) is 53.5. The van der Waals surface area contributed by atoms with Crippen molar-refractivity contribution in [2.45, 2.75) is 215 Å². The van der Waals surface area contributed by atoms with E-state index in [2.05, 4.69) is 0 Å². The van der Waals surface area contributed by atoms with Gasteiger partial charge in [0.2, 0.25) is 0 Å². The van der Waals surface area contributed by atoms with Gasteiger partial charge in [-0.2, -0.15) is 0 Å². The van der Waals surface area contributed by atoms with Crippen molar-refractivity contribution in [3.05, 3.63) is 0 Å². The van der Waals surface area contributed by atoms with E-state index in [1.807, 2.05) is 0 Å². The zero-order chi connectivity index (χ0) is 57.3. The summed E-state index contributed by atoms with van der Waals surface area (Å²) in [6, 6.07) is -10.6. The number of aliphatic hydroxyl groups is 16. The highest BCUT2D eigenvalue weighted by Gasteiger charge is 2.57. The molecular formula is C42H79N7O29. The first-order valence-electron chi connectivity index (χ1n) is 25.2. The Morgan fingerprint density at radius 2 is 0.410 bits per heavy atom. The molecule has 0 radical (unpaired) electrons. The zero-order valence-electron chi connectivity index (χ0n) is 41.7. The van der Waals surface area contributed by atoms with Gasteiger partial charge in [-0.05, 0) is 0 Å². The van der Waals surface area contributed by atoms with Crippen LogP contribution >= 0.6 is 0 Å². The fourth-order valence-electron chi connectivity index (χ4n) is 10.3. The average Bonchev–Trinajstić information content (AvgIpc) is 3.46. The van der Waals surface area contributed by atoms with Crippen molar-refractivity contribution in [1.82, 2.24) is 0 Å². The first-order chi connectivity index (χ1) is 37.0.